The average molecular weight is 246 g/mol. The summed E-state index contributed by atoms with van der Waals surface area (Å²) in [7, 11) is 0. The van der Waals surface area contributed by atoms with Crippen molar-refractivity contribution >= 4 is 5.69 Å². The highest BCUT2D eigenvalue weighted by molar-refractivity contribution is 5.48. The fourth-order valence-electron chi connectivity index (χ4n) is 2.36. The van der Waals surface area contributed by atoms with E-state index < -0.39 is 11.6 Å². The number of benzene rings is 1. The van der Waals surface area contributed by atoms with Crippen molar-refractivity contribution in [2.45, 2.75) is 18.9 Å². The molecular formula is C14H12F2N2. The zero-order chi connectivity index (χ0) is 12.5. The number of fused-ring (bicyclic) bond motifs is 1. The molecule has 2 nitrogen and oxygen atoms in total. The third-order valence-electron chi connectivity index (χ3n) is 3.24. The highest BCUT2D eigenvalue weighted by Gasteiger charge is 2.24. The van der Waals surface area contributed by atoms with Crippen molar-refractivity contribution in [1.82, 2.24) is 4.98 Å². The van der Waals surface area contributed by atoms with Crippen LogP contribution < -0.4 is 5.32 Å². The minimum Gasteiger partial charge on any atom is -0.374 e. The molecule has 92 valence electrons. The molecule has 1 aliphatic carbocycles. The van der Waals surface area contributed by atoms with Crippen LogP contribution in [0.15, 0.2) is 36.5 Å². The smallest absolute Gasteiger partial charge is 0.181 e. The quantitative estimate of drug-likeness (QED) is 0.877. The van der Waals surface area contributed by atoms with Gasteiger partial charge in [0.2, 0.25) is 0 Å². The van der Waals surface area contributed by atoms with E-state index in [0.717, 1.165) is 24.6 Å². The second-order valence-electron chi connectivity index (χ2n) is 4.38. The molecule has 0 spiro atoms. The lowest BCUT2D eigenvalue weighted by Crippen LogP contribution is -2.10. The number of aryl methyl sites for hydroxylation is 1. The van der Waals surface area contributed by atoms with Gasteiger partial charge >= 0.3 is 0 Å². The van der Waals surface area contributed by atoms with Crippen LogP contribution >= 0.6 is 0 Å². The number of nitrogens with one attached hydrogen (secondary N) is 1. The molecule has 1 aromatic carbocycles. The molecule has 1 N–H and O–H groups in total. The molecule has 0 amide bonds. The predicted octanol–water partition coefficient (Wildman–Crippen LogP) is 3.46. The van der Waals surface area contributed by atoms with Crippen molar-refractivity contribution < 1.29 is 8.78 Å². The predicted molar refractivity (Wildman–Crippen MR) is 65.3 cm³/mol. The molecule has 1 aliphatic rings. The Hall–Kier alpha value is -1.97. The molecule has 1 unspecified atom stereocenters. The molecule has 0 radical (unpaired) electrons. The van der Waals surface area contributed by atoms with E-state index in [4.69, 9.17) is 0 Å². The molecule has 1 atom stereocenters. The summed E-state index contributed by atoms with van der Waals surface area (Å²) in [4.78, 5) is 4.31. The summed E-state index contributed by atoms with van der Waals surface area (Å²) in [5.74, 6) is -1.67. The second-order valence-corrected chi connectivity index (χ2v) is 4.38. The van der Waals surface area contributed by atoms with Crippen LogP contribution in [0, 0.1) is 11.6 Å². The van der Waals surface area contributed by atoms with Crippen LogP contribution in [0.25, 0.3) is 0 Å². The van der Waals surface area contributed by atoms with Gasteiger partial charge in [-0.1, -0.05) is 12.1 Å². The molecule has 18 heavy (non-hydrogen) atoms. The normalized spacial score (nSPS) is 17.6. The summed E-state index contributed by atoms with van der Waals surface area (Å²) in [5, 5.41) is 3.03. The summed E-state index contributed by atoms with van der Waals surface area (Å²) in [6.07, 6.45) is 3.49. The molecule has 0 aliphatic heterocycles. The first-order valence-corrected chi connectivity index (χ1v) is 5.90. The first-order valence-electron chi connectivity index (χ1n) is 5.90. The van der Waals surface area contributed by atoms with Crippen LogP contribution in [-0.4, -0.2) is 4.98 Å². The van der Waals surface area contributed by atoms with Gasteiger partial charge < -0.3 is 5.32 Å². The molecular weight excluding hydrogens is 234 g/mol. The standard InChI is InChI=1S/C14H12F2N2/c15-10-4-1-5-11(13(10)16)18-12-7-6-9-3-2-8-17-14(9)12/h1-5,8,12,18H,6-7H2. The van der Waals surface area contributed by atoms with E-state index in [2.05, 4.69) is 10.3 Å². The molecule has 0 saturated carbocycles. The molecule has 1 aromatic heterocycles. The van der Waals surface area contributed by atoms with Crippen molar-refractivity contribution in [3.8, 4) is 0 Å². The maximum Gasteiger partial charge on any atom is 0.181 e. The Labute approximate surface area is 104 Å². The number of anilines is 1. The molecule has 4 heteroatoms. The Bertz CT molecular complexity index is 584. The number of aromatic nitrogens is 1. The Morgan fingerprint density at radius 1 is 1.17 bits per heavy atom. The first kappa shape index (κ1) is 11.1. The summed E-state index contributed by atoms with van der Waals surface area (Å²) in [5.41, 5.74) is 2.30. The van der Waals surface area contributed by atoms with E-state index in [9.17, 15) is 8.78 Å². The number of pyridine rings is 1. The van der Waals surface area contributed by atoms with Crippen LogP contribution in [-0.2, 0) is 6.42 Å². The van der Waals surface area contributed by atoms with Gasteiger partial charge in [0.1, 0.15) is 0 Å². The molecule has 3 rings (SSSR count). The van der Waals surface area contributed by atoms with Crippen molar-refractivity contribution in [2.24, 2.45) is 0 Å². The fourth-order valence-corrected chi connectivity index (χ4v) is 2.36. The molecule has 2 aromatic rings. The molecule has 0 fully saturated rings. The van der Waals surface area contributed by atoms with Gasteiger partial charge in [0, 0.05) is 6.20 Å². The maximum absolute atomic E-state index is 13.6. The number of nitrogens with zero attached hydrogens (tertiary/aromatic N) is 1. The highest BCUT2D eigenvalue weighted by Crippen LogP contribution is 2.32. The van der Waals surface area contributed by atoms with Gasteiger partial charge in [-0.15, -0.1) is 0 Å². The van der Waals surface area contributed by atoms with Gasteiger partial charge in [-0.05, 0) is 36.6 Å². The fraction of sp³-hybridized carbons (Fsp3) is 0.214. The SMILES string of the molecule is Fc1cccc(NC2CCc3cccnc32)c1F. The second kappa shape index (κ2) is 4.37. The minimum atomic E-state index is -0.834. The lowest BCUT2D eigenvalue weighted by atomic mass is 10.2. The van der Waals surface area contributed by atoms with Gasteiger partial charge in [-0.2, -0.15) is 0 Å². The van der Waals surface area contributed by atoms with E-state index in [-0.39, 0.29) is 11.7 Å². The number of rotatable bonds is 2. The third kappa shape index (κ3) is 1.83. The maximum atomic E-state index is 13.6. The Balaban J connectivity index is 1.89. The van der Waals surface area contributed by atoms with Gasteiger partial charge in [0.15, 0.2) is 11.6 Å². The van der Waals surface area contributed by atoms with E-state index in [1.807, 2.05) is 12.1 Å². The number of hydrogen-bond donors (Lipinski definition) is 1. The van der Waals surface area contributed by atoms with Gasteiger partial charge in [-0.25, -0.2) is 8.78 Å². The van der Waals surface area contributed by atoms with Crippen molar-refractivity contribution in [1.29, 1.82) is 0 Å². The first-order chi connectivity index (χ1) is 8.75. The molecule has 0 bridgehead atoms. The topological polar surface area (TPSA) is 24.9 Å². The Kier molecular flexibility index (Phi) is 2.70. The summed E-state index contributed by atoms with van der Waals surface area (Å²) < 4.78 is 26.7. The van der Waals surface area contributed by atoms with Crippen molar-refractivity contribution in [3.63, 3.8) is 0 Å². The molecule has 0 saturated heterocycles. The van der Waals surface area contributed by atoms with Crippen LogP contribution in [0.1, 0.15) is 23.7 Å². The Morgan fingerprint density at radius 3 is 2.94 bits per heavy atom. The summed E-state index contributed by atoms with van der Waals surface area (Å²) in [6.45, 7) is 0. The van der Waals surface area contributed by atoms with E-state index in [1.54, 1.807) is 12.3 Å². The van der Waals surface area contributed by atoms with Crippen LogP contribution in [0.2, 0.25) is 0 Å². The number of hydrogen-bond acceptors (Lipinski definition) is 2. The van der Waals surface area contributed by atoms with E-state index in [1.165, 1.54) is 11.6 Å². The van der Waals surface area contributed by atoms with Crippen LogP contribution in [0.5, 0.6) is 0 Å². The zero-order valence-corrected chi connectivity index (χ0v) is 9.66. The van der Waals surface area contributed by atoms with Crippen LogP contribution in [0.4, 0.5) is 14.5 Å². The average Bonchev–Trinajstić information content (AvgIpc) is 2.79. The molecule has 1 heterocycles. The van der Waals surface area contributed by atoms with Gasteiger partial charge in [0.25, 0.3) is 0 Å². The summed E-state index contributed by atoms with van der Waals surface area (Å²) >= 11 is 0. The van der Waals surface area contributed by atoms with E-state index >= 15 is 0 Å². The monoisotopic (exact) mass is 246 g/mol. The summed E-state index contributed by atoms with van der Waals surface area (Å²) in [6, 6.07) is 8.02. The lowest BCUT2D eigenvalue weighted by molar-refractivity contribution is 0.509. The largest absolute Gasteiger partial charge is 0.374 e. The van der Waals surface area contributed by atoms with Gasteiger partial charge in [-0.3, -0.25) is 4.98 Å². The van der Waals surface area contributed by atoms with Crippen molar-refractivity contribution in [3.05, 3.63) is 59.4 Å². The third-order valence-corrected chi connectivity index (χ3v) is 3.24. The van der Waals surface area contributed by atoms with Gasteiger partial charge in [0.05, 0.1) is 17.4 Å². The lowest BCUT2D eigenvalue weighted by Gasteiger charge is -2.15. The zero-order valence-electron chi connectivity index (χ0n) is 9.66. The van der Waals surface area contributed by atoms with Crippen LogP contribution in [0.3, 0.4) is 0 Å². The minimum absolute atomic E-state index is 0.0440. The Morgan fingerprint density at radius 2 is 2.06 bits per heavy atom. The van der Waals surface area contributed by atoms with Crippen molar-refractivity contribution in [2.75, 3.05) is 5.32 Å². The number of halogens is 2. The van der Waals surface area contributed by atoms with E-state index in [0.29, 0.717) is 0 Å². The highest BCUT2D eigenvalue weighted by atomic mass is 19.2.